The molecule has 36 heavy (non-hydrogen) atoms. The number of hydrogen-bond donors (Lipinski definition) is 2. The van der Waals surface area contributed by atoms with Gasteiger partial charge < -0.3 is 19.9 Å². The van der Waals surface area contributed by atoms with Gasteiger partial charge in [-0.15, -0.1) is 21.5 Å². The average molecular weight is 528 g/mol. The molecular weight excluding hydrogens is 498 g/mol. The van der Waals surface area contributed by atoms with Crippen LogP contribution in [0.15, 0.2) is 35.5 Å². The second kappa shape index (κ2) is 11.7. The number of fused-ring (bicyclic) bond motifs is 1. The van der Waals surface area contributed by atoms with Crippen LogP contribution in [-0.4, -0.2) is 44.9 Å². The Balaban J connectivity index is 1.39. The van der Waals surface area contributed by atoms with Crippen LogP contribution in [0.4, 0.5) is 5.00 Å². The number of aryl methyl sites for hydroxylation is 1. The maximum atomic E-state index is 12.8. The molecule has 11 heteroatoms. The lowest BCUT2D eigenvalue weighted by molar-refractivity contribution is -0.113. The minimum absolute atomic E-state index is 0.0988. The highest BCUT2D eigenvalue weighted by molar-refractivity contribution is 7.99. The lowest BCUT2D eigenvalue weighted by Crippen LogP contribution is -2.28. The van der Waals surface area contributed by atoms with Crippen molar-refractivity contribution in [2.45, 2.75) is 50.7 Å². The molecule has 0 spiro atoms. The van der Waals surface area contributed by atoms with Crippen LogP contribution >= 0.6 is 23.1 Å². The first-order valence-electron chi connectivity index (χ1n) is 11.9. The average Bonchev–Trinajstić information content (AvgIpc) is 3.43. The molecule has 2 heterocycles. The van der Waals surface area contributed by atoms with Crippen LogP contribution in [-0.2, 0) is 29.4 Å². The Morgan fingerprint density at radius 1 is 1.17 bits per heavy atom. The number of nitrogens with one attached hydrogen (secondary N) is 2. The Kier molecular flexibility index (Phi) is 8.42. The fraction of sp³-hybridized carbons (Fsp3) is 0.400. The normalized spacial score (nSPS) is 13.5. The van der Waals surface area contributed by atoms with E-state index in [1.807, 2.05) is 25.1 Å². The molecule has 2 N–H and O–H groups in total. The van der Waals surface area contributed by atoms with Crippen molar-refractivity contribution in [2.24, 2.45) is 7.05 Å². The van der Waals surface area contributed by atoms with Gasteiger partial charge in [0.1, 0.15) is 5.00 Å². The first kappa shape index (κ1) is 25.9. The number of ether oxygens (including phenoxy) is 1. The van der Waals surface area contributed by atoms with Crippen molar-refractivity contribution in [3.63, 3.8) is 0 Å². The number of rotatable bonds is 9. The molecule has 1 aliphatic carbocycles. The van der Waals surface area contributed by atoms with E-state index in [9.17, 15) is 14.4 Å². The number of benzene rings is 1. The predicted octanol–water partition coefficient (Wildman–Crippen LogP) is 4.15. The van der Waals surface area contributed by atoms with Crippen molar-refractivity contribution in [2.75, 3.05) is 17.7 Å². The van der Waals surface area contributed by atoms with Gasteiger partial charge in [0.25, 0.3) is 5.91 Å². The van der Waals surface area contributed by atoms with E-state index in [1.54, 1.807) is 30.7 Å². The molecule has 2 amide bonds. The molecule has 1 atom stereocenters. The number of carbonyl (C=O) groups excluding carboxylic acids is 3. The number of carbonyl (C=O) groups is 3. The van der Waals surface area contributed by atoms with Gasteiger partial charge in [-0.3, -0.25) is 9.59 Å². The Bertz CT molecular complexity index is 1250. The molecule has 0 bridgehead atoms. The first-order chi connectivity index (χ1) is 17.4. The van der Waals surface area contributed by atoms with Gasteiger partial charge in [-0.2, -0.15) is 0 Å². The summed E-state index contributed by atoms with van der Waals surface area (Å²) in [6, 6.07) is 8.59. The molecule has 1 aromatic carbocycles. The van der Waals surface area contributed by atoms with E-state index in [0.29, 0.717) is 27.1 Å². The fourth-order valence-corrected chi connectivity index (χ4v) is 6.14. The SMILES string of the molecule is CCOC(=O)c1c(NC(=O)CSc2nnc([C@H](C)NC(=O)c3ccccc3)n2C)sc2c1CCCC2. The van der Waals surface area contributed by atoms with Crippen LogP contribution in [0.1, 0.15) is 69.7 Å². The van der Waals surface area contributed by atoms with Gasteiger partial charge in [-0.25, -0.2) is 4.79 Å². The number of hydrogen-bond acceptors (Lipinski definition) is 8. The summed E-state index contributed by atoms with van der Waals surface area (Å²) in [6.45, 7) is 3.89. The van der Waals surface area contributed by atoms with Crippen LogP contribution in [0.2, 0.25) is 0 Å². The van der Waals surface area contributed by atoms with Crippen molar-refractivity contribution < 1.29 is 19.1 Å². The zero-order valence-corrected chi connectivity index (χ0v) is 22.1. The van der Waals surface area contributed by atoms with E-state index in [2.05, 4.69) is 20.8 Å². The van der Waals surface area contributed by atoms with Gasteiger partial charge in [-0.05, 0) is 57.2 Å². The summed E-state index contributed by atoms with van der Waals surface area (Å²) in [5.74, 6) is -0.140. The van der Waals surface area contributed by atoms with Gasteiger partial charge in [0.2, 0.25) is 5.91 Å². The summed E-state index contributed by atoms with van der Waals surface area (Å²) < 4.78 is 7.03. The second-order valence-corrected chi connectivity index (χ2v) is 10.5. The van der Waals surface area contributed by atoms with Crippen molar-refractivity contribution in [3.8, 4) is 0 Å². The topological polar surface area (TPSA) is 115 Å². The number of amides is 2. The highest BCUT2D eigenvalue weighted by atomic mass is 32.2. The third kappa shape index (κ3) is 5.79. The Morgan fingerprint density at radius 2 is 1.92 bits per heavy atom. The monoisotopic (exact) mass is 527 g/mol. The fourth-order valence-electron chi connectivity index (χ4n) is 4.13. The van der Waals surface area contributed by atoms with Crippen LogP contribution in [0.3, 0.4) is 0 Å². The van der Waals surface area contributed by atoms with E-state index >= 15 is 0 Å². The highest BCUT2D eigenvalue weighted by Gasteiger charge is 2.27. The molecule has 0 unspecified atom stereocenters. The molecule has 190 valence electrons. The van der Waals surface area contributed by atoms with Gasteiger partial charge >= 0.3 is 5.97 Å². The summed E-state index contributed by atoms with van der Waals surface area (Å²) in [5, 5.41) is 15.4. The summed E-state index contributed by atoms with van der Waals surface area (Å²) in [7, 11) is 1.80. The van der Waals surface area contributed by atoms with Crippen molar-refractivity contribution in [3.05, 3.63) is 57.7 Å². The number of thiophene rings is 1. The van der Waals surface area contributed by atoms with Gasteiger partial charge in [-0.1, -0.05) is 30.0 Å². The molecule has 0 aliphatic heterocycles. The van der Waals surface area contributed by atoms with Crippen LogP contribution in [0.5, 0.6) is 0 Å². The molecule has 0 radical (unpaired) electrons. The lowest BCUT2D eigenvalue weighted by Gasteiger charge is -2.13. The molecule has 1 aliphatic rings. The van der Waals surface area contributed by atoms with E-state index in [1.165, 1.54) is 23.1 Å². The summed E-state index contributed by atoms with van der Waals surface area (Å²) >= 11 is 2.71. The van der Waals surface area contributed by atoms with E-state index < -0.39 is 0 Å². The molecular formula is C25H29N5O4S2. The summed E-state index contributed by atoms with van der Waals surface area (Å²) in [5.41, 5.74) is 2.08. The Morgan fingerprint density at radius 3 is 2.67 bits per heavy atom. The molecule has 0 saturated heterocycles. The largest absolute Gasteiger partial charge is 0.462 e. The zero-order valence-electron chi connectivity index (χ0n) is 20.5. The van der Waals surface area contributed by atoms with Gasteiger partial charge in [0, 0.05) is 17.5 Å². The lowest BCUT2D eigenvalue weighted by atomic mass is 9.95. The molecule has 3 aromatic rings. The van der Waals surface area contributed by atoms with E-state index in [4.69, 9.17) is 4.74 Å². The van der Waals surface area contributed by atoms with Gasteiger partial charge in [0.05, 0.1) is 24.0 Å². The minimum Gasteiger partial charge on any atom is -0.462 e. The number of thioether (sulfide) groups is 1. The number of esters is 1. The Labute approximate surface area is 218 Å². The maximum absolute atomic E-state index is 12.8. The Hall–Kier alpha value is -3.18. The minimum atomic E-state index is -0.385. The standard InChI is InChI=1S/C25H29N5O4S2/c1-4-34-24(33)20-17-12-8-9-13-18(17)36-23(20)27-19(31)14-35-25-29-28-21(30(25)3)15(2)26-22(32)16-10-6-5-7-11-16/h5-7,10-11,15H,4,8-9,12-14H2,1-3H3,(H,26,32)(H,27,31)/t15-/m0/s1. The highest BCUT2D eigenvalue weighted by Crippen LogP contribution is 2.38. The molecule has 0 saturated carbocycles. The van der Waals surface area contributed by atoms with Crippen LogP contribution < -0.4 is 10.6 Å². The third-order valence-electron chi connectivity index (χ3n) is 5.88. The van der Waals surface area contributed by atoms with Crippen LogP contribution in [0, 0.1) is 0 Å². The van der Waals surface area contributed by atoms with Crippen molar-refractivity contribution in [1.82, 2.24) is 20.1 Å². The number of anilines is 1. The summed E-state index contributed by atoms with van der Waals surface area (Å²) in [4.78, 5) is 39.0. The smallest absolute Gasteiger partial charge is 0.341 e. The molecule has 9 nitrogen and oxygen atoms in total. The quantitative estimate of drug-likeness (QED) is 0.317. The molecule has 0 fully saturated rings. The first-order valence-corrected chi connectivity index (χ1v) is 13.7. The third-order valence-corrected chi connectivity index (χ3v) is 8.10. The van der Waals surface area contributed by atoms with E-state index in [-0.39, 0.29) is 36.2 Å². The van der Waals surface area contributed by atoms with Crippen molar-refractivity contribution >= 4 is 45.9 Å². The number of nitrogens with zero attached hydrogens (tertiary/aromatic N) is 3. The number of aromatic nitrogens is 3. The molecule has 2 aromatic heterocycles. The van der Waals surface area contributed by atoms with Crippen molar-refractivity contribution in [1.29, 1.82) is 0 Å². The summed E-state index contributed by atoms with van der Waals surface area (Å²) in [6.07, 6.45) is 3.85. The van der Waals surface area contributed by atoms with Crippen LogP contribution in [0.25, 0.3) is 0 Å². The second-order valence-electron chi connectivity index (χ2n) is 8.43. The van der Waals surface area contributed by atoms with Gasteiger partial charge in [0.15, 0.2) is 11.0 Å². The predicted molar refractivity (Wildman–Crippen MR) is 140 cm³/mol. The maximum Gasteiger partial charge on any atom is 0.341 e. The van der Waals surface area contributed by atoms with E-state index in [0.717, 1.165) is 36.1 Å². The molecule has 4 rings (SSSR count). The zero-order chi connectivity index (χ0) is 25.7.